The highest BCUT2D eigenvalue weighted by molar-refractivity contribution is 7.19. The van der Waals surface area contributed by atoms with Gasteiger partial charge in [0, 0.05) is 9.58 Å². The second-order valence-corrected chi connectivity index (χ2v) is 5.10. The Morgan fingerprint density at radius 3 is 2.88 bits per heavy atom. The van der Waals surface area contributed by atoms with Gasteiger partial charge in [0.05, 0.1) is 6.10 Å². The molecular formula is C12H14FNOS. The maximum absolute atomic E-state index is 13.0. The first kappa shape index (κ1) is 11.5. The van der Waals surface area contributed by atoms with Gasteiger partial charge in [-0.2, -0.15) is 0 Å². The summed E-state index contributed by atoms with van der Waals surface area (Å²) in [6.07, 6.45) is -0.564. The summed E-state index contributed by atoms with van der Waals surface area (Å²) in [5, 5.41) is 11.0. The largest absolute Gasteiger partial charge is 0.387 e. The van der Waals surface area contributed by atoms with Crippen LogP contribution in [-0.2, 0) is 0 Å². The third-order valence-corrected chi connectivity index (χ3v) is 3.87. The number of rotatable bonds is 3. The van der Waals surface area contributed by atoms with Crippen molar-refractivity contribution in [3.8, 4) is 0 Å². The van der Waals surface area contributed by atoms with Gasteiger partial charge in [0.15, 0.2) is 0 Å². The minimum absolute atomic E-state index is 0.0120. The molecule has 1 aromatic heterocycles. The number of nitrogens with two attached hydrogens (primary N) is 1. The van der Waals surface area contributed by atoms with Crippen molar-refractivity contribution < 1.29 is 9.50 Å². The van der Waals surface area contributed by atoms with Crippen molar-refractivity contribution >= 4 is 21.4 Å². The first-order chi connectivity index (χ1) is 7.61. The summed E-state index contributed by atoms with van der Waals surface area (Å²) in [5.74, 6) is -0.236. The van der Waals surface area contributed by atoms with Crippen LogP contribution in [-0.4, -0.2) is 11.7 Å². The molecule has 2 unspecified atom stereocenters. The van der Waals surface area contributed by atoms with E-state index in [1.54, 1.807) is 6.07 Å². The Morgan fingerprint density at radius 1 is 1.44 bits per heavy atom. The fourth-order valence-electron chi connectivity index (χ4n) is 1.58. The van der Waals surface area contributed by atoms with Crippen LogP contribution >= 0.6 is 11.3 Å². The van der Waals surface area contributed by atoms with E-state index in [4.69, 9.17) is 5.73 Å². The van der Waals surface area contributed by atoms with Gasteiger partial charge in [0.2, 0.25) is 0 Å². The third kappa shape index (κ3) is 2.09. The maximum Gasteiger partial charge on any atom is 0.124 e. The topological polar surface area (TPSA) is 46.2 Å². The fourth-order valence-corrected chi connectivity index (χ4v) is 2.79. The highest BCUT2D eigenvalue weighted by Crippen LogP contribution is 2.33. The van der Waals surface area contributed by atoms with Crippen LogP contribution in [0.1, 0.15) is 17.9 Å². The maximum atomic E-state index is 13.0. The van der Waals surface area contributed by atoms with E-state index in [-0.39, 0.29) is 11.7 Å². The van der Waals surface area contributed by atoms with Gasteiger partial charge in [0.1, 0.15) is 5.82 Å². The summed E-state index contributed by atoms with van der Waals surface area (Å²) in [7, 11) is 0. The van der Waals surface area contributed by atoms with Crippen LogP contribution in [0.2, 0.25) is 0 Å². The molecule has 4 heteroatoms. The van der Waals surface area contributed by atoms with E-state index in [2.05, 4.69) is 0 Å². The zero-order valence-electron chi connectivity index (χ0n) is 8.98. The van der Waals surface area contributed by atoms with E-state index in [1.807, 2.05) is 13.0 Å². The SMILES string of the molecule is CC(CN)C(O)c1cc2ccc(F)cc2s1. The Labute approximate surface area is 97.5 Å². The number of hydrogen-bond donors (Lipinski definition) is 2. The molecule has 0 fully saturated rings. The van der Waals surface area contributed by atoms with Gasteiger partial charge < -0.3 is 10.8 Å². The van der Waals surface area contributed by atoms with Crippen molar-refractivity contribution in [2.75, 3.05) is 6.54 Å². The lowest BCUT2D eigenvalue weighted by Gasteiger charge is -2.14. The minimum atomic E-state index is -0.564. The van der Waals surface area contributed by atoms with Crippen LogP contribution in [0, 0.1) is 11.7 Å². The first-order valence-electron chi connectivity index (χ1n) is 5.19. The summed E-state index contributed by atoms with van der Waals surface area (Å²) in [4.78, 5) is 0.846. The molecule has 0 aliphatic carbocycles. The summed E-state index contributed by atoms with van der Waals surface area (Å²) in [5.41, 5.74) is 5.51. The lowest BCUT2D eigenvalue weighted by molar-refractivity contribution is 0.125. The number of fused-ring (bicyclic) bond motifs is 1. The van der Waals surface area contributed by atoms with Crippen LogP contribution in [0.15, 0.2) is 24.3 Å². The van der Waals surface area contributed by atoms with Crippen molar-refractivity contribution in [2.45, 2.75) is 13.0 Å². The standard InChI is InChI=1S/C12H14FNOS/c1-7(6-14)12(15)11-4-8-2-3-9(13)5-10(8)16-11/h2-5,7,12,15H,6,14H2,1H3. The summed E-state index contributed by atoms with van der Waals surface area (Å²) in [6, 6.07) is 6.54. The number of halogens is 1. The lowest BCUT2D eigenvalue weighted by Crippen LogP contribution is -2.17. The summed E-state index contributed by atoms with van der Waals surface area (Å²) < 4.78 is 13.9. The van der Waals surface area contributed by atoms with Crippen LogP contribution in [0.3, 0.4) is 0 Å². The average molecular weight is 239 g/mol. The Bertz CT molecular complexity index is 497. The van der Waals surface area contributed by atoms with Crippen molar-refractivity contribution in [1.29, 1.82) is 0 Å². The highest BCUT2D eigenvalue weighted by Gasteiger charge is 2.17. The van der Waals surface area contributed by atoms with Crippen LogP contribution < -0.4 is 5.73 Å². The second-order valence-electron chi connectivity index (χ2n) is 3.99. The van der Waals surface area contributed by atoms with Gasteiger partial charge in [0.25, 0.3) is 0 Å². The van der Waals surface area contributed by atoms with E-state index in [9.17, 15) is 9.50 Å². The lowest BCUT2D eigenvalue weighted by atomic mass is 10.0. The zero-order valence-corrected chi connectivity index (χ0v) is 9.80. The van der Waals surface area contributed by atoms with Gasteiger partial charge in [-0.15, -0.1) is 11.3 Å². The average Bonchev–Trinajstić information content (AvgIpc) is 2.69. The molecule has 0 aliphatic heterocycles. The number of aliphatic hydroxyl groups is 1. The Kier molecular flexibility index (Phi) is 3.23. The third-order valence-electron chi connectivity index (χ3n) is 2.70. The van der Waals surface area contributed by atoms with E-state index in [0.717, 1.165) is 15.0 Å². The molecule has 2 aromatic rings. The zero-order chi connectivity index (χ0) is 11.7. The Balaban J connectivity index is 2.39. The molecular weight excluding hydrogens is 225 g/mol. The summed E-state index contributed by atoms with van der Waals surface area (Å²) in [6.45, 7) is 2.33. The van der Waals surface area contributed by atoms with Gasteiger partial charge in [-0.3, -0.25) is 0 Å². The van der Waals surface area contributed by atoms with Crippen LogP contribution in [0.5, 0.6) is 0 Å². The number of benzene rings is 1. The summed E-state index contributed by atoms with van der Waals surface area (Å²) >= 11 is 1.42. The van der Waals surface area contributed by atoms with Gasteiger partial charge in [-0.25, -0.2) is 4.39 Å². The molecule has 3 N–H and O–H groups in total. The van der Waals surface area contributed by atoms with Gasteiger partial charge in [-0.05, 0) is 36.0 Å². The van der Waals surface area contributed by atoms with E-state index < -0.39 is 6.10 Å². The monoisotopic (exact) mass is 239 g/mol. The molecule has 0 aliphatic rings. The van der Waals surface area contributed by atoms with Crippen LogP contribution in [0.4, 0.5) is 4.39 Å². The number of thiophene rings is 1. The first-order valence-corrected chi connectivity index (χ1v) is 6.00. The molecule has 0 amide bonds. The molecule has 0 bridgehead atoms. The Morgan fingerprint density at radius 2 is 2.19 bits per heavy atom. The predicted molar refractivity (Wildman–Crippen MR) is 65.0 cm³/mol. The van der Waals surface area contributed by atoms with Crippen molar-refractivity contribution in [3.05, 3.63) is 35.0 Å². The van der Waals surface area contributed by atoms with E-state index in [0.29, 0.717) is 6.54 Å². The quantitative estimate of drug-likeness (QED) is 0.865. The Hall–Kier alpha value is -0.970. The van der Waals surface area contributed by atoms with Gasteiger partial charge in [-0.1, -0.05) is 13.0 Å². The molecule has 0 radical (unpaired) electrons. The second kappa shape index (κ2) is 4.49. The molecule has 0 saturated heterocycles. The van der Waals surface area contributed by atoms with Crippen molar-refractivity contribution in [3.63, 3.8) is 0 Å². The molecule has 0 spiro atoms. The fraction of sp³-hybridized carbons (Fsp3) is 0.333. The molecule has 0 saturated carbocycles. The van der Waals surface area contributed by atoms with Crippen LogP contribution in [0.25, 0.3) is 10.1 Å². The molecule has 86 valence electrons. The smallest absolute Gasteiger partial charge is 0.124 e. The number of aliphatic hydroxyl groups excluding tert-OH is 1. The van der Waals surface area contributed by atoms with E-state index >= 15 is 0 Å². The van der Waals surface area contributed by atoms with Crippen molar-refractivity contribution in [1.82, 2.24) is 0 Å². The number of hydrogen-bond acceptors (Lipinski definition) is 3. The van der Waals surface area contributed by atoms with Gasteiger partial charge >= 0.3 is 0 Å². The normalized spacial score (nSPS) is 15.2. The predicted octanol–water partition coefficient (Wildman–Crippen LogP) is 2.67. The molecule has 1 heterocycles. The highest BCUT2D eigenvalue weighted by atomic mass is 32.1. The molecule has 2 rings (SSSR count). The molecule has 2 nitrogen and oxygen atoms in total. The van der Waals surface area contributed by atoms with E-state index in [1.165, 1.54) is 23.5 Å². The molecule has 2 atom stereocenters. The molecule has 16 heavy (non-hydrogen) atoms. The van der Waals surface area contributed by atoms with Crippen molar-refractivity contribution in [2.24, 2.45) is 11.7 Å². The minimum Gasteiger partial charge on any atom is -0.387 e. The molecule has 1 aromatic carbocycles.